The lowest BCUT2D eigenvalue weighted by atomic mass is 10.2. The predicted octanol–water partition coefficient (Wildman–Crippen LogP) is 2.17. The van der Waals surface area contributed by atoms with Crippen molar-refractivity contribution in [3.63, 3.8) is 0 Å². The number of unbranched alkanes of at least 4 members (excludes halogenated alkanes) is 2. The van der Waals surface area contributed by atoms with Crippen LogP contribution in [-0.4, -0.2) is 17.1 Å². The maximum Gasteiger partial charge on any atom is 0.145 e. The zero-order valence-electron chi connectivity index (χ0n) is 8.78. The Balaban J connectivity index is 2.15. The molecule has 0 saturated carbocycles. The van der Waals surface area contributed by atoms with E-state index in [1.165, 1.54) is 18.4 Å². The SMILES string of the molecule is [SiH3]OCCCCC=Cc1ccccc1. The zero-order valence-corrected chi connectivity index (χ0v) is 10.8. The quantitative estimate of drug-likeness (QED) is 0.512. The monoisotopic (exact) mass is 206 g/mol. The van der Waals surface area contributed by atoms with Gasteiger partial charge in [0.2, 0.25) is 0 Å². The molecule has 0 aliphatic heterocycles. The zero-order chi connectivity index (χ0) is 10.1. The first-order valence-electron chi connectivity index (χ1n) is 5.14. The van der Waals surface area contributed by atoms with E-state index in [4.69, 9.17) is 4.43 Å². The lowest BCUT2D eigenvalue weighted by molar-refractivity contribution is 0.337. The normalized spacial score (nSPS) is 11.1. The third-order valence-electron chi connectivity index (χ3n) is 2.08. The second kappa shape index (κ2) is 7.53. The molecule has 1 nitrogen and oxygen atoms in total. The summed E-state index contributed by atoms with van der Waals surface area (Å²) in [5.41, 5.74) is 1.28. The van der Waals surface area contributed by atoms with Crippen molar-refractivity contribution in [2.75, 3.05) is 6.61 Å². The van der Waals surface area contributed by atoms with E-state index in [9.17, 15) is 0 Å². The van der Waals surface area contributed by atoms with Crippen molar-refractivity contribution in [3.05, 3.63) is 42.0 Å². The molecule has 0 radical (unpaired) electrons. The molecule has 76 valence electrons. The van der Waals surface area contributed by atoms with Crippen molar-refractivity contribution in [2.45, 2.75) is 19.3 Å². The van der Waals surface area contributed by atoms with Crippen molar-refractivity contribution >= 4 is 16.6 Å². The topological polar surface area (TPSA) is 9.23 Å². The number of benzene rings is 1. The average Bonchev–Trinajstić information content (AvgIpc) is 2.25. The Kier molecular flexibility index (Phi) is 6.03. The Morgan fingerprint density at radius 2 is 1.93 bits per heavy atom. The summed E-state index contributed by atoms with van der Waals surface area (Å²) in [6.07, 6.45) is 7.98. The van der Waals surface area contributed by atoms with Gasteiger partial charge in [0.15, 0.2) is 0 Å². The van der Waals surface area contributed by atoms with E-state index in [0.29, 0.717) is 0 Å². The molecule has 1 rings (SSSR count). The second-order valence-electron chi connectivity index (χ2n) is 3.30. The Hall–Kier alpha value is -0.863. The van der Waals surface area contributed by atoms with Gasteiger partial charge in [-0.05, 0) is 24.8 Å². The minimum Gasteiger partial charge on any atom is -0.428 e. The summed E-state index contributed by atoms with van der Waals surface area (Å²) in [6.45, 7) is 0.936. The second-order valence-corrected chi connectivity index (χ2v) is 3.88. The van der Waals surface area contributed by atoms with Gasteiger partial charge in [-0.1, -0.05) is 42.5 Å². The van der Waals surface area contributed by atoms with Crippen LogP contribution in [0.5, 0.6) is 0 Å². The fourth-order valence-electron chi connectivity index (χ4n) is 1.29. The summed E-state index contributed by atoms with van der Waals surface area (Å²) in [6, 6.07) is 10.4. The van der Waals surface area contributed by atoms with Gasteiger partial charge in [0, 0.05) is 6.61 Å². The fourth-order valence-corrected chi connectivity index (χ4v) is 1.58. The minimum absolute atomic E-state index is 0.870. The van der Waals surface area contributed by atoms with Crippen LogP contribution >= 0.6 is 0 Å². The smallest absolute Gasteiger partial charge is 0.145 e. The van der Waals surface area contributed by atoms with Crippen LogP contribution in [0.2, 0.25) is 0 Å². The van der Waals surface area contributed by atoms with Crippen molar-refractivity contribution in [3.8, 4) is 0 Å². The van der Waals surface area contributed by atoms with Gasteiger partial charge in [-0.3, -0.25) is 0 Å². The summed E-state index contributed by atoms with van der Waals surface area (Å²) in [4.78, 5) is 0. The summed E-state index contributed by atoms with van der Waals surface area (Å²) in [7, 11) is 0.870. The molecule has 0 amide bonds. The summed E-state index contributed by atoms with van der Waals surface area (Å²) in [5, 5.41) is 0. The molecule has 1 aromatic carbocycles. The lowest BCUT2D eigenvalue weighted by Crippen LogP contribution is -1.88. The van der Waals surface area contributed by atoms with Crippen LogP contribution in [0.3, 0.4) is 0 Å². The van der Waals surface area contributed by atoms with Crippen LogP contribution < -0.4 is 0 Å². The maximum atomic E-state index is 5.12. The molecule has 1 aromatic rings. The van der Waals surface area contributed by atoms with E-state index < -0.39 is 0 Å². The first-order chi connectivity index (χ1) is 6.93. The molecular weight excluding hydrogens is 188 g/mol. The molecule has 2 heteroatoms. The van der Waals surface area contributed by atoms with Gasteiger partial charge < -0.3 is 4.43 Å². The molecule has 0 N–H and O–H groups in total. The number of rotatable bonds is 6. The average molecular weight is 206 g/mol. The maximum absolute atomic E-state index is 5.12. The largest absolute Gasteiger partial charge is 0.428 e. The van der Waals surface area contributed by atoms with Crippen molar-refractivity contribution in [1.82, 2.24) is 0 Å². The molecule has 0 aliphatic rings. The van der Waals surface area contributed by atoms with Gasteiger partial charge in [-0.25, -0.2) is 0 Å². The van der Waals surface area contributed by atoms with Crippen LogP contribution in [0.1, 0.15) is 24.8 Å². The molecule has 0 saturated heterocycles. The highest BCUT2D eigenvalue weighted by atomic mass is 28.2. The number of allylic oxidation sites excluding steroid dienone is 1. The van der Waals surface area contributed by atoms with E-state index >= 15 is 0 Å². The van der Waals surface area contributed by atoms with Crippen molar-refractivity contribution in [2.24, 2.45) is 0 Å². The van der Waals surface area contributed by atoms with E-state index in [1.54, 1.807) is 0 Å². The lowest BCUT2D eigenvalue weighted by Gasteiger charge is -1.96. The van der Waals surface area contributed by atoms with Gasteiger partial charge in [0.05, 0.1) is 0 Å². The first kappa shape index (κ1) is 11.2. The van der Waals surface area contributed by atoms with E-state index in [1.807, 2.05) is 6.07 Å². The summed E-state index contributed by atoms with van der Waals surface area (Å²) in [5.74, 6) is 0. The highest BCUT2D eigenvalue weighted by molar-refractivity contribution is 5.97. The van der Waals surface area contributed by atoms with E-state index in [-0.39, 0.29) is 0 Å². The molecule has 0 bridgehead atoms. The molecule has 0 heterocycles. The fraction of sp³-hybridized carbons (Fsp3) is 0.333. The van der Waals surface area contributed by atoms with Crippen molar-refractivity contribution in [1.29, 1.82) is 0 Å². The summed E-state index contributed by atoms with van der Waals surface area (Å²) < 4.78 is 5.12. The number of hydrogen-bond acceptors (Lipinski definition) is 1. The molecule has 0 spiro atoms. The Morgan fingerprint density at radius 1 is 1.14 bits per heavy atom. The Bertz CT molecular complexity index is 256. The van der Waals surface area contributed by atoms with E-state index in [2.05, 4.69) is 36.4 Å². The standard InChI is InChI=1S/C12H18OSi/c14-13-11-7-2-1-4-8-12-9-5-3-6-10-12/h3-6,8-10H,1-2,7,11H2,14H3. The van der Waals surface area contributed by atoms with Crippen LogP contribution in [0.15, 0.2) is 36.4 Å². The van der Waals surface area contributed by atoms with Crippen LogP contribution in [0.4, 0.5) is 0 Å². The highest BCUT2D eigenvalue weighted by Crippen LogP contribution is 2.03. The molecule has 14 heavy (non-hydrogen) atoms. The Morgan fingerprint density at radius 3 is 2.64 bits per heavy atom. The van der Waals surface area contributed by atoms with Gasteiger partial charge in [-0.2, -0.15) is 0 Å². The third kappa shape index (κ3) is 4.99. The Labute approximate surface area is 89.3 Å². The molecule has 0 aromatic heterocycles. The number of hydrogen-bond donors (Lipinski definition) is 0. The van der Waals surface area contributed by atoms with Crippen LogP contribution in [0.25, 0.3) is 6.08 Å². The van der Waals surface area contributed by atoms with Crippen molar-refractivity contribution < 1.29 is 4.43 Å². The van der Waals surface area contributed by atoms with Gasteiger partial charge in [0.1, 0.15) is 10.5 Å². The van der Waals surface area contributed by atoms with Gasteiger partial charge >= 0.3 is 0 Å². The molecular formula is C12H18OSi. The molecule has 0 unspecified atom stereocenters. The first-order valence-corrected chi connectivity index (χ1v) is 5.95. The predicted molar refractivity (Wildman–Crippen MR) is 65.2 cm³/mol. The third-order valence-corrected chi connectivity index (χ3v) is 2.49. The van der Waals surface area contributed by atoms with Crippen LogP contribution in [0, 0.1) is 0 Å². The molecule has 0 aliphatic carbocycles. The highest BCUT2D eigenvalue weighted by Gasteiger charge is 1.85. The van der Waals surface area contributed by atoms with Crippen LogP contribution in [-0.2, 0) is 4.43 Å². The molecule has 0 fully saturated rings. The summed E-state index contributed by atoms with van der Waals surface area (Å²) >= 11 is 0. The molecule has 0 atom stereocenters. The van der Waals surface area contributed by atoms with E-state index in [0.717, 1.165) is 23.5 Å². The van der Waals surface area contributed by atoms with Gasteiger partial charge in [0.25, 0.3) is 0 Å². The minimum atomic E-state index is 0.870. The van der Waals surface area contributed by atoms with Gasteiger partial charge in [-0.15, -0.1) is 0 Å².